The molecule has 0 saturated heterocycles. The van der Waals surface area contributed by atoms with Gasteiger partial charge in [0.05, 0.1) is 26.4 Å². The van der Waals surface area contributed by atoms with E-state index in [4.69, 9.17) is 37.0 Å². The molecular weight excluding hydrogens is 1200 g/mol. The van der Waals surface area contributed by atoms with Gasteiger partial charge in [0.25, 0.3) is 0 Å². The molecule has 0 aliphatic heterocycles. The summed E-state index contributed by atoms with van der Waals surface area (Å²) in [6, 6.07) is 0. The molecule has 0 aliphatic carbocycles. The molecule has 3 N–H and O–H groups in total. The first-order valence-electron chi connectivity index (χ1n) is 37.5. The number of carbonyl (C=O) groups is 4. The van der Waals surface area contributed by atoms with Crippen LogP contribution in [0.4, 0.5) is 0 Å². The third-order valence-electron chi connectivity index (χ3n) is 16.7. The Kier molecular flexibility index (Phi) is 62.7. The van der Waals surface area contributed by atoms with E-state index in [-0.39, 0.29) is 25.7 Å². The summed E-state index contributed by atoms with van der Waals surface area (Å²) < 4.78 is 68.3. The van der Waals surface area contributed by atoms with Crippen LogP contribution >= 0.6 is 15.6 Å². The summed E-state index contributed by atoms with van der Waals surface area (Å²) in [5.41, 5.74) is 0. The van der Waals surface area contributed by atoms with Crippen molar-refractivity contribution in [3.05, 3.63) is 0 Å². The standard InChI is InChI=1S/C72H140O17P2/c1-7-9-11-13-15-17-18-19-25-28-31-37-43-49-55-70(75)83-61-67(88-71(76)56-50-44-38-32-29-26-23-21-20-22-24-27-30-34-40-46-52-64(3)4)62-86-90(78,79)84-58-66(73)59-85-91(80,81)87-63-68(60-82-69(74)54-48-42-36-16-14-12-10-8-2)89-72(77)57-51-45-39-33-35-41-47-53-65(5)6/h64-68,73H,7-63H2,1-6H3,(H,78,79)(H,80,81)/t66-,67-,68-/m1/s1. The number of ether oxygens (including phenoxy) is 4. The summed E-state index contributed by atoms with van der Waals surface area (Å²) in [6.07, 6.45) is 50.1. The normalized spacial score (nSPS) is 14.1. The fourth-order valence-corrected chi connectivity index (χ4v) is 12.5. The molecule has 2 unspecified atom stereocenters. The summed E-state index contributed by atoms with van der Waals surface area (Å²) in [5, 5.41) is 10.6. The zero-order valence-corrected chi connectivity index (χ0v) is 60.9. The number of hydrogen-bond donors (Lipinski definition) is 3. The lowest BCUT2D eigenvalue weighted by Gasteiger charge is -2.21. The second-order valence-electron chi connectivity index (χ2n) is 26.9. The first kappa shape index (κ1) is 89.1. The van der Waals surface area contributed by atoms with Crippen molar-refractivity contribution in [1.29, 1.82) is 0 Å². The van der Waals surface area contributed by atoms with Gasteiger partial charge in [0.15, 0.2) is 12.2 Å². The molecule has 0 aliphatic rings. The van der Waals surface area contributed by atoms with E-state index < -0.39 is 97.5 Å². The Hall–Kier alpha value is -1.94. The zero-order valence-electron chi connectivity index (χ0n) is 59.1. The molecule has 0 radical (unpaired) electrons. The van der Waals surface area contributed by atoms with Gasteiger partial charge in [-0.25, -0.2) is 9.13 Å². The van der Waals surface area contributed by atoms with Crippen LogP contribution < -0.4 is 0 Å². The number of aliphatic hydroxyl groups excluding tert-OH is 1. The van der Waals surface area contributed by atoms with Gasteiger partial charge in [-0.05, 0) is 37.5 Å². The van der Waals surface area contributed by atoms with E-state index >= 15 is 0 Å². The topological polar surface area (TPSA) is 237 Å². The Morgan fingerprint density at radius 3 is 0.747 bits per heavy atom. The Balaban J connectivity index is 5.19. The van der Waals surface area contributed by atoms with Gasteiger partial charge in [-0.1, -0.05) is 318 Å². The summed E-state index contributed by atoms with van der Waals surface area (Å²) in [5.74, 6) is -0.620. The number of phosphoric acid groups is 2. The molecule has 91 heavy (non-hydrogen) atoms. The Bertz CT molecular complexity index is 1770. The average Bonchev–Trinajstić information content (AvgIpc) is 3.73. The SMILES string of the molecule is CCCCCCCCCCCCCCCCC(=O)OC[C@H](COP(=O)(O)OC[C@@H](O)COP(=O)(O)OC[C@@H](COC(=O)CCCCCCCCCC)OC(=O)CCCCCCCCCC(C)C)OC(=O)CCCCCCCCCCCCCCCCCCC(C)C. The van der Waals surface area contributed by atoms with Crippen LogP contribution in [0.15, 0.2) is 0 Å². The fourth-order valence-electron chi connectivity index (χ4n) is 10.9. The number of carbonyl (C=O) groups excluding carboxylic acids is 4. The Morgan fingerprint density at radius 1 is 0.297 bits per heavy atom. The van der Waals surface area contributed by atoms with Gasteiger partial charge in [-0.3, -0.25) is 37.3 Å². The van der Waals surface area contributed by atoms with E-state index in [0.29, 0.717) is 31.6 Å². The van der Waals surface area contributed by atoms with Gasteiger partial charge in [0.1, 0.15) is 19.3 Å². The first-order chi connectivity index (χ1) is 43.9. The van der Waals surface area contributed by atoms with Crippen LogP contribution in [0.3, 0.4) is 0 Å². The molecule has 0 bridgehead atoms. The van der Waals surface area contributed by atoms with Crippen molar-refractivity contribution in [2.24, 2.45) is 11.8 Å². The number of hydrogen-bond acceptors (Lipinski definition) is 15. The van der Waals surface area contributed by atoms with Gasteiger partial charge in [0, 0.05) is 25.7 Å². The minimum atomic E-state index is -4.95. The van der Waals surface area contributed by atoms with E-state index in [1.165, 1.54) is 180 Å². The van der Waals surface area contributed by atoms with Crippen molar-refractivity contribution in [1.82, 2.24) is 0 Å². The van der Waals surface area contributed by atoms with E-state index in [1.807, 2.05) is 0 Å². The summed E-state index contributed by atoms with van der Waals surface area (Å²) in [4.78, 5) is 72.5. The van der Waals surface area contributed by atoms with Crippen molar-refractivity contribution >= 4 is 39.5 Å². The van der Waals surface area contributed by atoms with Crippen molar-refractivity contribution < 1.29 is 80.2 Å². The van der Waals surface area contributed by atoms with Gasteiger partial charge in [0.2, 0.25) is 0 Å². The second-order valence-corrected chi connectivity index (χ2v) is 29.8. The van der Waals surface area contributed by atoms with Crippen LogP contribution in [0.5, 0.6) is 0 Å². The van der Waals surface area contributed by atoms with Gasteiger partial charge in [-0.15, -0.1) is 0 Å². The molecule has 540 valence electrons. The predicted octanol–water partition coefficient (Wildman–Crippen LogP) is 20.8. The van der Waals surface area contributed by atoms with E-state index in [1.54, 1.807) is 0 Å². The lowest BCUT2D eigenvalue weighted by molar-refractivity contribution is -0.161. The molecule has 0 aromatic carbocycles. The minimum absolute atomic E-state index is 0.103. The minimum Gasteiger partial charge on any atom is -0.462 e. The Labute approximate surface area is 556 Å². The van der Waals surface area contributed by atoms with Crippen LogP contribution in [0.25, 0.3) is 0 Å². The highest BCUT2D eigenvalue weighted by Gasteiger charge is 2.30. The molecule has 5 atom stereocenters. The third kappa shape index (κ3) is 66.5. The summed E-state index contributed by atoms with van der Waals surface area (Å²) in [7, 11) is -9.90. The first-order valence-corrected chi connectivity index (χ1v) is 40.5. The van der Waals surface area contributed by atoms with E-state index in [9.17, 15) is 43.2 Å². The molecule has 0 rings (SSSR count). The van der Waals surface area contributed by atoms with E-state index in [0.717, 1.165) is 102 Å². The van der Waals surface area contributed by atoms with Crippen molar-refractivity contribution in [2.45, 2.75) is 387 Å². The lowest BCUT2D eigenvalue weighted by Crippen LogP contribution is -2.30. The van der Waals surface area contributed by atoms with E-state index in [2.05, 4.69) is 41.5 Å². The third-order valence-corrected chi connectivity index (χ3v) is 18.6. The van der Waals surface area contributed by atoms with Crippen LogP contribution in [0.2, 0.25) is 0 Å². The fraction of sp³-hybridized carbons (Fsp3) is 0.944. The molecule has 0 aromatic heterocycles. The Morgan fingerprint density at radius 2 is 0.505 bits per heavy atom. The van der Waals surface area contributed by atoms with Crippen molar-refractivity contribution in [2.75, 3.05) is 39.6 Å². The highest BCUT2D eigenvalue weighted by molar-refractivity contribution is 7.47. The monoisotopic (exact) mass is 1340 g/mol. The van der Waals surface area contributed by atoms with Crippen molar-refractivity contribution in [3.8, 4) is 0 Å². The maximum Gasteiger partial charge on any atom is 0.472 e. The van der Waals surface area contributed by atoms with Crippen LogP contribution in [-0.2, 0) is 65.4 Å². The van der Waals surface area contributed by atoms with Crippen LogP contribution in [0.1, 0.15) is 369 Å². The van der Waals surface area contributed by atoms with Crippen molar-refractivity contribution in [3.63, 3.8) is 0 Å². The second kappa shape index (κ2) is 64.1. The summed E-state index contributed by atoms with van der Waals surface area (Å²) >= 11 is 0. The number of esters is 4. The lowest BCUT2D eigenvalue weighted by atomic mass is 10.0. The molecule has 19 heteroatoms. The molecule has 0 aromatic rings. The molecular formula is C72H140O17P2. The smallest absolute Gasteiger partial charge is 0.462 e. The zero-order chi connectivity index (χ0) is 67.2. The van der Waals surface area contributed by atoms with Gasteiger partial charge < -0.3 is 33.8 Å². The van der Waals surface area contributed by atoms with Crippen LogP contribution in [0, 0.1) is 11.8 Å². The molecule has 0 spiro atoms. The molecule has 0 heterocycles. The molecule has 0 amide bonds. The van der Waals surface area contributed by atoms with Gasteiger partial charge >= 0.3 is 39.5 Å². The maximum absolute atomic E-state index is 13.0. The quantitative estimate of drug-likeness (QED) is 0.0222. The highest BCUT2D eigenvalue weighted by atomic mass is 31.2. The number of rotatable bonds is 71. The predicted molar refractivity (Wildman–Crippen MR) is 368 cm³/mol. The maximum atomic E-state index is 13.0. The molecule has 0 saturated carbocycles. The summed E-state index contributed by atoms with van der Waals surface area (Å²) in [6.45, 7) is 9.51. The molecule has 0 fully saturated rings. The highest BCUT2D eigenvalue weighted by Crippen LogP contribution is 2.45. The molecule has 17 nitrogen and oxygen atoms in total. The number of unbranched alkanes of at least 4 members (excludes halogenated alkanes) is 41. The van der Waals surface area contributed by atoms with Gasteiger partial charge in [-0.2, -0.15) is 0 Å². The largest absolute Gasteiger partial charge is 0.472 e. The van der Waals surface area contributed by atoms with Crippen LogP contribution in [-0.4, -0.2) is 96.7 Å². The average molecular weight is 1340 g/mol. The number of phosphoric ester groups is 2. The number of aliphatic hydroxyl groups is 1.